The predicted molar refractivity (Wildman–Crippen MR) is 158 cm³/mol. The van der Waals surface area contributed by atoms with Gasteiger partial charge in [0.1, 0.15) is 86.7 Å². The Morgan fingerprint density at radius 2 is 0.686 bits per heavy atom. The third-order valence-corrected chi connectivity index (χ3v) is 7.17. The zero-order valence-electron chi connectivity index (χ0n) is 24.8. The summed E-state index contributed by atoms with van der Waals surface area (Å²) in [6.45, 7) is 0. The highest BCUT2D eigenvalue weighted by molar-refractivity contribution is 5.82. The minimum absolute atomic E-state index is 0.0421. The molecule has 0 saturated heterocycles. The number of rotatable bonds is 3. The molecular formula is C33H6F3N15. The van der Waals surface area contributed by atoms with Crippen molar-refractivity contribution in [2.45, 2.75) is 0 Å². The van der Waals surface area contributed by atoms with E-state index in [2.05, 4.69) is 44.9 Å². The first-order chi connectivity index (χ1) is 24.7. The van der Waals surface area contributed by atoms with E-state index in [4.69, 9.17) is 0 Å². The summed E-state index contributed by atoms with van der Waals surface area (Å²) in [4.78, 5) is 37.8. The SMILES string of the molecule is N#CC(=C1N=c2cc(F)cc(C#N)c2=N1)c1nc(C(C#N)=C2N=c3cc(F)cc(C#N)c3=N2)nc(C(C#N)=C2N=c3cc(F)cc(C#N)c3=N2)n1. The van der Waals surface area contributed by atoms with Crippen LogP contribution in [0, 0.1) is 85.4 Å². The number of halogens is 3. The molecule has 4 heterocycles. The van der Waals surface area contributed by atoms with E-state index in [9.17, 15) is 44.7 Å². The monoisotopic (exact) mass is 669 g/mol. The van der Waals surface area contributed by atoms with E-state index in [1.54, 1.807) is 18.2 Å². The number of aromatic nitrogens is 3. The fourth-order valence-corrected chi connectivity index (χ4v) is 5.00. The Hall–Kier alpha value is -8.58. The zero-order valence-corrected chi connectivity index (χ0v) is 24.8. The van der Waals surface area contributed by atoms with Crippen LogP contribution in [-0.2, 0) is 0 Å². The first-order valence-electron chi connectivity index (χ1n) is 13.9. The smallest absolute Gasteiger partial charge is 0.178 e. The molecule has 0 N–H and O–H groups in total. The Morgan fingerprint density at radius 1 is 0.412 bits per heavy atom. The van der Waals surface area contributed by atoms with E-state index < -0.39 is 51.6 Å². The standard InChI is InChI=1S/C33H6F3N15/c34-16-1-13(7-37)25-22(4-16)43-28(46-25)19(10-40)31-49-32(20(11-41)29-44-23-5-17(35)2-14(8-38)26(23)47-29)51-33(50-31)21(12-42)30-45-24-6-18(36)3-15(9-39)27(24)48-30/h1-6H. The van der Waals surface area contributed by atoms with Gasteiger partial charge in [-0.1, -0.05) is 0 Å². The molecule has 0 atom stereocenters. The molecule has 0 aliphatic carbocycles. The van der Waals surface area contributed by atoms with Crippen LogP contribution in [0.15, 0.2) is 83.8 Å². The van der Waals surface area contributed by atoms with E-state index >= 15 is 0 Å². The number of nitrogens with zero attached hydrogens (tertiary/aromatic N) is 15. The van der Waals surface area contributed by atoms with Crippen LogP contribution in [0.3, 0.4) is 0 Å². The molecule has 234 valence electrons. The molecule has 0 unspecified atom stereocenters. The normalized spacial score (nSPS) is 12.5. The average Bonchev–Trinajstić information content (AvgIpc) is 3.85. The van der Waals surface area contributed by atoms with Crippen molar-refractivity contribution >= 4 is 16.7 Å². The molecule has 7 rings (SSSR count). The highest BCUT2D eigenvalue weighted by Gasteiger charge is 2.26. The first kappa shape index (κ1) is 31.0. The van der Waals surface area contributed by atoms with Crippen molar-refractivity contribution in [2.24, 2.45) is 30.0 Å². The molecule has 4 aromatic rings. The van der Waals surface area contributed by atoms with Crippen LogP contribution < -0.4 is 32.1 Å². The number of nitriles is 6. The van der Waals surface area contributed by atoms with Gasteiger partial charge in [-0.2, -0.15) is 31.6 Å². The summed E-state index contributed by atoms with van der Waals surface area (Å²) in [6, 6.07) is 16.6. The third kappa shape index (κ3) is 5.18. The topological polar surface area (TPSA) is 256 Å². The van der Waals surface area contributed by atoms with Gasteiger partial charge >= 0.3 is 0 Å². The summed E-state index contributed by atoms with van der Waals surface area (Å²) in [5.74, 6) is -5.02. The van der Waals surface area contributed by atoms with Crippen molar-refractivity contribution in [2.75, 3.05) is 0 Å². The van der Waals surface area contributed by atoms with Crippen molar-refractivity contribution in [3.05, 3.63) is 138 Å². The van der Waals surface area contributed by atoms with Gasteiger partial charge in [-0.25, -0.2) is 58.1 Å². The zero-order chi connectivity index (χ0) is 36.0. The number of fused-ring (bicyclic) bond motifs is 3. The number of benzene rings is 3. The third-order valence-electron chi connectivity index (χ3n) is 7.17. The van der Waals surface area contributed by atoms with Crippen LogP contribution in [0.25, 0.3) is 16.7 Å². The van der Waals surface area contributed by atoms with E-state index in [0.29, 0.717) is 0 Å². The molecule has 3 aromatic carbocycles. The van der Waals surface area contributed by atoms with Gasteiger partial charge in [0.15, 0.2) is 34.9 Å². The lowest BCUT2D eigenvalue weighted by atomic mass is 10.2. The Labute approximate surface area is 280 Å². The van der Waals surface area contributed by atoms with Crippen LogP contribution >= 0.6 is 0 Å². The summed E-state index contributed by atoms with van der Waals surface area (Å²) in [5.41, 5.74) is -1.96. The summed E-state index contributed by atoms with van der Waals surface area (Å²) < 4.78 is 42.6. The van der Waals surface area contributed by atoms with Crippen molar-refractivity contribution in [3.63, 3.8) is 0 Å². The second kappa shape index (κ2) is 11.9. The van der Waals surface area contributed by atoms with E-state index in [0.717, 1.165) is 36.4 Å². The molecule has 15 nitrogen and oxygen atoms in total. The molecule has 18 heteroatoms. The number of hydrogen-bond acceptors (Lipinski definition) is 15. The molecule has 0 amide bonds. The maximum Gasteiger partial charge on any atom is 0.178 e. The molecule has 0 fully saturated rings. The minimum Gasteiger partial charge on any atom is -0.225 e. The van der Waals surface area contributed by atoms with Gasteiger partial charge in [-0.05, 0) is 18.2 Å². The van der Waals surface area contributed by atoms with E-state index in [1.165, 1.54) is 0 Å². The van der Waals surface area contributed by atoms with Crippen molar-refractivity contribution in [1.82, 2.24) is 15.0 Å². The average molecular weight is 670 g/mol. The summed E-state index contributed by atoms with van der Waals surface area (Å²) in [7, 11) is 0. The summed E-state index contributed by atoms with van der Waals surface area (Å²) in [6.07, 6.45) is 0. The van der Waals surface area contributed by atoms with Crippen LogP contribution in [-0.4, -0.2) is 15.0 Å². The molecule has 1 aromatic heterocycles. The Balaban J connectivity index is 1.53. The molecule has 3 aliphatic heterocycles. The molecule has 0 bridgehead atoms. The van der Waals surface area contributed by atoms with E-state index in [1.807, 2.05) is 18.2 Å². The maximum absolute atomic E-state index is 14.2. The fraction of sp³-hybridized carbons (Fsp3) is 0. The maximum atomic E-state index is 14.2. The largest absolute Gasteiger partial charge is 0.225 e. The van der Waals surface area contributed by atoms with Gasteiger partial charge in [0, 0.05) is 18.2 Å². The second-order valence-electron chi connectivity index (χ2n) is 10.2. The van der Waals surface area contributed by atoms with Gasteiger partial charge in [-0.3, -0.25) is 0 Å². The molecule has 0 saturated carbocycles. The van der Waals surface area contributed by atoms with Crippen molar-refractivity contribution in [1.29, 1.82) is 31.6 Å². The molecule has 0 radical (unpaired) electrons. The van der Waals surface area contributed by atoms with Crippen molar-refractivity contribution in [3.8, 4) is 36.4 Å². The lowest BCUT2D eigenvalue weighted by Gasteiger charge is -2.07. The summed E-state index contributed by atoms with van der Waals surface area (Å²) >= 11 is 0. The number of hydrogen-bond donors (Lipinski definition) is 0. The quantitative estimate of drug-likeness (QED) is 0.272. The Kier molecular flexibility index (Phi) is 7.24. The highest BCUT2D eigenvalue weighted by Crippen LogP contribution is 2.26. The summed E-state index contributed by atoms with van der Waals surface area (Å²) in [5, 5.41) is 58.9. The molecular weight excluding hydrogens is 663 g/mol. The van der Waals surface area contributed by atoms with E-state index in [-0.39, 0.29) is 66.3 Å². The van der Waals surface area contributed by atoms with Gasteiger partial charge in [-0.15, -0.1) is 0 Å². The van der Waals surface area contributed by atoms with Gasteiger partial charge in [0.05, 0.1) is 32.8 Å². The second-order valence-corrected chi connectivity index (χ2v) is 10.2. The van der Waals surface area contributed by atoms with Crippen LogP contribution in [0.5, 0.6) is 0 Å². The predicted octanol–water partition coefficient (Wildman–Crippen LogP) is 0.339. The molecule has 0 spiro atoms. The molecule has 51 heavy (non-hydrogen) atoms. The van der Waals surface area contributed by atoms with Gasteiger partial charge < -0.3 is 0 Å². The fourth-order valence-electron chi connectivity index (χ4n) is 5.00. The number of allylic oxidation sites excluding steroid dienone is 3. The van der Waals surface area contributed by atoms with Gasteiger partial charge in [0.2, 0.25) is 0 Å². The van der Waals surface area contributed by atoms with Crippen LogP contribution in [0.4, 0.5) is 13.2 Å². The first-order valence-corrected chi connectivity index (χ1v) is 13.9. The van der Waals surface area contributed by atoms with Crippen molar-refractivity contribution < 1.29 is 13.2 Å². The lowest BCUT2D eigenvalue weighted by Crippen LogP contribution is -2.25. The Bertz CT molecular complexity index is 2790. The Morgan fingerprint density at radius 3 is 0.922 bits per heavy atom. The highest BCUT2D eigenvalue weighted by atomic mass is 19.1. The molecule has 3 aliphatic rings. The van der Waals surface area contributed by atoms with Crippen LogP contribution in [0.1, 0.15) is 34.2 Å². The van der Waals surface area contributed by atoms with Gasteiger partial charge in [0.25, 0.3) is 0 Å². The lowest BCUT2D eigenvalue weighted by molar-refractivity contribution is 0.624. The van der Waals surface area contributed by atoms with Crippen LogP contribution in [0.2, 0.25) is 0 Å². The minimum atomic E-state index is -0.793.